The molecule has 2 bridgehead atoms. The van der Waals surface area contributed by atoms with Crippen molar-refractivity contribution in [2.24, 2.45) is 22.8 Å². The van der Waals surface area contributed by atoms with Gasteiger partial charge in [0.25, 0.3) is 0 Å². The molecule has 2 aromatic carbocycles. The molecule has 2 fully saturated rings. The smallest absolute Gasteiger partial charge is 0.0475 e. The van der Waals surface area contributed by atoms with Gasteiger partial charge in [0.05, 0.1) is 0 Å². The molecule has 23 heavy (non-hydrogen) atoms. The minimum absolute atomic E-state index is 0.292. The second-order valence-corrected chi connectivity index (χ2v) is 6.64. The molecule has 0 radical (unpaired) electrons. The standard InChI is InChI=1S/C20H23N3/c21-23-20-16-12-7-13-17(20)19(15-10-5-2-6-11-15)22-18(16)14-8-3-1-4-9-14/h1-6,8-11,16-19,22H,7,12-13,21H2/t16-,17-,18+,19+/m0/s1. The molecule has 0 spiro atoms. The van der Waals surface area contributed by atoms with Crippen LogP contribution in [0.5, 0.6) is 0 Å². The van der Waals surface area contributed by atoms with Crippen LogP contribution in [0.4, 0.5) is 0 Å². The number of nitrogens with zero attached hydrogens (tertiary/aromatic N) is 1. The maximum atomic E-state index is 5.83. The van der Waals surface area contributed by atoms with E-state index in [9.17, 15) is 0 Å². The first-order chi connectivity index (χ1) is 11.4. The number of rotatable bonds is 2. The lowest BCUT2D eigenvalue weighted by atomic mass is 9.67. The predicted molar refractivity (Wildman–Crippen MR) is 94.0 cm³/mol. The molecule has 1 aliphatic heterocycles. The van der Waals surface area contributed by atoms with E-state index in [0.29, 0.717) is 23.9 Å². The highest BCUT2D eigenvalue weighted by atomic mass is 15.1. The average molecular weight is 305 g/mol. The topological polar surface area (TPSA) is 50.4 Å². The molecular weight excluding hydrogens is 282 g/mol. The highest BCUT2D eigenvalue weighted by Gasteiger charge is 2.44. The summed E-state index contributed by atoms with van der Waals surface area (Å²) in [7, 11) is 0. The van der Waals surface area contributed by atoms with Gasteiger partial charge in [0, 0.05) is 29.6 Å². The molecule has 4 atom stereocenters. The zero-order chi connectivity index (χ0) is 15.6. The lowest BCUT2D eigenvalue weighted by molar-refractivity contribution is 0.233. The highest BCUT2D eigenvalue weighted by Crippen LogP contribution is 2.46. The first-order valence-corrected chi connectivity index (χ1v) is 8.52. The number of piperidine rings is 1. The van der Waals surface area contributed by atoms with Gasteiger partial charge in [0.1, 0.15) is 0 Å². The Labute approximate surface area is 137 Å². The fraction of sp³-hybridized carbons (Fsp3) is 0.350. The normalized spacial score (nSPS) is 30.0. The Balaban J connectivity index is 1.76. The Bertz CT molecular complexity index is 625. The molecule has 1 saturated heterocycles. The van der Waals surface area contributed by atoms with Crippen molar-refractivity contribution < 1.29 is 0 Å². The van der Waals surface area contributed by atoms with Crippen LogP contribution >= 0.6 is 0 Å². The maximum Gasteiger partial charge on any atom is 0.0475 e. The van der Waals surface area contributed by atoms with Gasteiger partial charge in [0.15, 0.2) is 0 Å². The first kappa shape index (κ1) is 14.5. The summed E-state index contributed by atoms with van der Waals surface area (Å²) in [6.07, 6.45) is 3.59. The Morgan fingerprint density at radius 2 is 1.26 bits per heavy atom. The molecule has 2 aliphatic rings. The summed E-state index contributed by atoms with van der Waals surface area (Å²) >= 11 is 0. The Morgan fingerprint density at radius 3 is 1.70 bits per heavy atom. The van der Waals surface area contributed by atoms with Crippen molar-refractivity contribution in [3.8, 4) is 0 Å². The fourth-order valence-electron chi connectivity index (χ4n) is 4.40. The van der Waals surface area contributed by atoms with Crippen molar-refractivity contribution in [1.29, 1.82) is 0 Å². The summed E-state index contributed by atoms with van der Waals surface area (Å²) in [6.45, 7) is 0. The number of nitrogens with one attached hydrogen (secondary N) is 1. The SMILES string of the molecule is NN=C1[C@H]2CCC[C@H]1[C@@H](c1ccccc1)N[C@@H]2c1ccccc1. The van der Waals surface area contributed by atoms with Crippen molar-refractivity contribution in [2.75, 3.05) is 0 Å². The van der Waals surface area contributed by atoms with Gasteiger partial charge in [-0.2, -0.15) is 5.10 Å². The van der Waals surface area contributed by atoms with Crippen LogP contribution in [0.1, 0.15) is 42.5 Å². The van der Waals surface area contributed by atoms with Crippen LogP contribution in [0.2, 0.25) is 0 Å². The molecule has 4 rings (SSSR count). The Kier molecular flexibility index (Phi) is 3.88. The van der Waals surface area contributed by atoms with Crippen molar-refractivity contribution in [3.63, 3.8) is 0 Å². The zero-order valence-electron chi connectivity index (χ0n) is 13.2. The Morgan fingerprint density at radius 1 is 0.783 bits per heavy atom. The van der Waals surface area contributed by atoms with Crippen LogP contribution in [-0.4, -0.2) is 5.71 Å². The van der Waals surface area contributed by atoms with Crippen molar-refractivity contribution >= 4 is 5.71 Å². The van der Waals surface area contributed by atoms with Crippen molar-refractivity contribution in [2.45, 2.75) is 31.3 Å². The second-order valence-electron chi connectivity index (χ2n) is 6.64. The lowest BCUT2D eigenvalue weighted by Gasteiger charge is -2.47. The minimum atomic E-state index is 0.292. The van der Waals surface area contributed by atoms with E-state index in [1.54, 1.807) is 0 Å². The third-order valence-electron chi connectivity index (χ3n) is 5.42. The van der Waals surface area contributed by atoms with Crippen molar-refractivity contribution in [3.05, 3.63) is 71.8 Å². The third-order valence-corrected chi connectivity index (χ3v) is 5.42. The van der Waals surface area contributed by atoms with E-state index in [1.807, 2.05) is 0 Å². The van der Waals surface area contributed by atoms with Crippen LogP contribution in [-0.2, 0) is 0 Å². The molecule has 1 saturated carbocycles. The molecule has 0 unspecified atom stereocenters. The van der Waals surface area contributed by atoms with E-state index < -0.39 is 0 Å². The van der Waals surface area contributed by atoms with Gasteiger partial charge in [-0.15, -0.1) is 0 Å². The van der Waals surface area contributed by atoms with Crippen LogP contribution < -0.4 is 11.2 Å². The fourth-order valence-corrected chi connectivity index (χ4v) is 4.40. The molecule has 3 nitrogen and oxygen atoms in total. The van der Waals surface area contributed by atoms with Gasteiger partial charge in [-0.05, 0) is 24.0 Å². The summed E-state index contributed by atoms with van der Waals surface area (Å²) in [5.74, 6) is 6.67. The highest BCUT2D eigenvalue weighted by molar-refractivity contribution is 5.91. The van der Waals surface area contributed by atoms with Crippen LogP contribution in [0.3, 0.4) is 0 Å². The summed E-state index contributed by atoms with van der Waals surface area (Å²) in [6, 6.07) is 22.0. The van der Waals surface area contributed by atoms with E-state index in [0.717, 1.165) is 0 Å². The number of hydrazone groups is 1. The molecule has 3 heteroatoms. The molecule has 0 amide bonds. The van der Waals surface area contributed by atoms with Gasteiger partial charge in [0.2, 0.25) is 0 Å². The summed E-state index contributed by atoms with van der Waals surface area (Å²) in [5, 5.41) is 8.18. The third kappa shape index (κ3) is 2.55. The van der Waals surface area contributed by atoms with E-state index in [2.05, 4.69) is 71.1 Å². The van der Waals surface area contributed by atoms with Gasteiger partial charge in [-0.25, -0.2) is 0 Å². The molecule has 1 heterocycles. The maximum absolute atomic E-state index is 5.83. The Hall–Kier alpha value is -2.13. The monoisotopic (exact) mass is 305 g/mol. The van der Waals surface area contributed by atoms with Crippen LogP contribution in [0.15, 0.2) is 65.8 Å². The van der Waals surface area contributed by atoms with E-state index in [1.165, 1.54) is 36.1 Å². The number of fused-ring (bicyclic) bond motifs is 2. The summed E-state index contributed by atoms with van der Waals surface area (Å²) in [4.78, 5) is 0. The average Bonchev–Trinajstić information content (AvgIpc) is 2.63. The van der Waals surface area contributed by atoms with E-state index in [-0.39, 0.29) is 0 Å². The lowest BCUT2D eigenvalue weighted by Crippen LogP contribution is -2.51. The number of hydrogen-bond acceptors (Lipinski definition) is 3. The predicted octanol–water partition coefficient (Wildman–Crippen LogP) is 3.80. The molecule has 118 valence electrons. The van der Waals surface area contributed by atoms with Gasteiger partial charge >= 0.3 is 0 Å². The van der Waals surface area contributed by atoms with Crippen LogP contribution in [0, 0.1) is 11.8 Å². The molecule has 2 aromatic rings. The molecule has 3 N–H and O–H groups in total. The van der Waals surface area contributed by atoms with Crippen LogP contribution in [0.25, 0.3) is 0 Å². The molecular formula is C20H23N3. The number of benzene rings is 2. The summed E-state index contributed by atoms with van der Waals surface area (Å²) < 4.78 is 0. The second kappa shape index (κ2) is 6.17. The number of hydrogen-bond donors (Lipinski definition) is 2. The molecule has 0 aromatic heterocycles. The minimum Gasteiger partial charge on any atom is -0.323 e. The quantitative estimate of drug-likeness (QED) is 0.655. The van der Waals surface area contributed by atoms with E-state index in [4.69, 9.17) is 5.84 Å². The molecule has 1 aliphatic carbocycles. The zero-order valence-corrected chi connectivity index (χ0v) is 13.2. The van der Waals surface area contributed by atoms with Gasteiger partial charge in [-0.1, -0.05) is 67.1 Å². The first-order valence-electron chi connectivity index (χ1n) is 8.52. The van der Waals surface area contributed by atoms with Gasteiger partial charge < -0.3 is 11.2 Å². The summed E-state index contributed by atoms with van der Waals surface area (Å²) in [5.41, 5.74) is 3.87. The van der Waals surface area contributed by atoms with Crippen molar-refractivity contribution in [1.82, 2.24) is 5.32 Å². The van der Waals surface area contributed by atoms with E-state index >= 15 is 0 Å². The van der Waals surface area contributed by atoms with Gasteiger partial charge in [-0.3, -0.25) is 0 Å². The largest absolute Gasteiger partial charge is 0.323 e. The number of nitrogens with two attached hydrogens (primary N) is 1.